The minimum Gasteiger partial charge on any atom is -0.260 e. The zero-order valence-corrected chi connectivity index (χ0v) is 7.57. The van der Waals surface area contributed by atoms with Gasteiger partial charge in [-0.2, -0.15) is 5.10 Å². The summed E-state index contributed by atoms with van der Waals surface area (Å²) in [6.45, 7) is 2.01. The van der Waals surface area contributed by atoms with E-state index in [2.05, 4.69) is 20.8 Å². The normalized spacial score (nSPS) is 16.7. The molecule has 2 heterocycles. The average Bonchev–Trinajstić information content (AvgIpc) is 2.87. The van der Waals surface area contributed by atoms with Gasteiger partial charge >= 0.3 is 0 Å². The van der Waals surface area contributed by atoms with E-state index in [-0.39, 0.29) is 0 Å². The third-order valence-electron chi connectivity index (χ3n) is 2.51. The average molecular weight is 173 g/mol. The number of pyridine rings is 1. The Bertz CT molecular complexity index is 454. The highest BCUT2D eigenvalue weighted by molar-refractivity contribution is 5.78. The lowest BCUT2D eigenvalue weighted by molar-refractivity contribution is 0.664. The molecule has 0 radical (unpaired) electrons. The molecule has 1 aliphatic rings. The smallest absolute Gasteiger partial charge is 0.0869 e. The van der Waals surface area contributed by atoms with Crippen molar-refractivity contribution in [2.45, 2.75) is 25.8 Å². The first-order valence-electron chi connectivity index (χ1n) is 4.64. The summed E-state index contributed by atoms with van der Waals surface area (Å²) in [6.07, 6.45) is 6.40. The number of fused-ring (bicyclic) bond motifs is 1. The van der Waals surface area contributed by atoms with E-state index in [1.807, 2.05) is 19.3 Å². The van der Waals surface area contributed by atoms with Gasteiger partial charge in [-0.3, -0.25) is 9.67 Å². The van der Waals surface area contributed by atoms with Gasteiger partial charge in [-0.05, 0) is 25.8 Å². The van der Waals surface area contributed by atoms with E-state index < -0.39 is 0 Å². The third-order valence-corrected chi connectivity index (χ3v) is 2.51. The van der Waals surface area contributed by atoms with Crippen LogP contribution in [0, 0.1) is 6.92 Å². The first kappa shape index (κ1) is 7.06. The Kier molecular flexibility index (Phi) is 1.26. The summed E-state index contributed by atoms with van der Waals surface area (Å²) in [5.74, 6) is 0. The number of hydrogen-bond donors (Lipinski definition) is 0. The molecule has 13 heavy (non-hydrogen) atoms. The van der Waals surface area contributed by atoms with Crippen molar-refractivity contribution in [1.82, 2.24) is 14.8 Å². The molecule has 1 fully saturated rings. The molecule has 0 aromatic carbocycles. The van der Waals surface area contributed by atoms with E-state index in [9.17, 15) is 0 Å². The predicted molar refractivity (Wildman–Crippen MR) is 50.5 cm³/mol. The minimum absolute atomic E-state index is 0.641. The summed E-state index contributed by atoms with van der Waals surface area (Å²) in [7, 11) is 0. The van der Waals surface area contributed by atoms with Gasteiger partial charge in [0.1, 0.15) is 0 Å². The molecule has 66 valence electrons. The van der Waals surface area contributed by atoms with Gasteiger partial charge in [-0.15, -0.1) is 0 Å². The van der Waals surface area contributed by atoms with Crippen molar-refractivity contribution in [3.05, 3.63) is 24.2 Å². The molecular weight excluding hydrogens is 162 g/mol. The quantitative estimate of drug-likeness (QED) is 0.661. The van der Waals surface area contributed by atoms with Gasteiger partial charge in [0.05, 0.1) is 24.0 Å². The fourth-order valence-electron chi connectivity index (χ4n) is 1.67. The Morgan fingerprint density at radius 1 is 1.38 bits per heavy atom. The standard InChI is InChI=1S/C10H11N3/c1-7-4-8-5-12-13(9-2-3-9)10(8)6-11-7/h4-6,9H,2-3H2,1H3. The van der Waals surface area contributed by atoms with E-state index in [0.29, 0.717) is 6.04 Å². The Labute approximate surface area is 76.4 Å². The zero-order chi connectivity index (χ0) is 8.84. The van der Waals surface area contributed by atoms with E-state index in [4.69, 9.17) is 0 Å². The summed E-state index contributed by atoms with van der Waals surface area (Å²) in [5.41, 5.74) is 2.23. The van der Waals surface area contributed by atoms with Gasteiger partial charge in [0, 0.05) is 11.1 Å². The predicted octanol–water partition coefficient (Wildman–Crippen LogP) is 2.07. The maximum atomic E-state index is 4.38. The summed E-state index contributed by atoms with van der Waals surface area (Å²) < 4.78 is 2.10. The molecule has 0 atom stereocenters. The highest BCUT2D eigenvalue weighted by atomic mass is 15.3. The van der Waals surface area contributed by atoms with Crippen LogP contribution in [0.15, 0.2) is 18.5 Å². The van der Waals surface area contributed by atoms with Crippen molar-refractivity contribution in [2.24, 2.45) is 0 Å². The SMILES string of the molecule is Cc1cc2cnn(C3CC3)c2cn1. The van der Waals surface area contributed by atoms with Crippen LogP contribution in [0.2, 0.25) is 0 Å². The lowest BCUT2D eigenvalue weighted by atomic mass is 10.3. The van der Waals surface area contributed by atoms with Crippen LogP contribution in [0.25, 0.3) is 10.9 Å². The molecule has 0 spiro atoms. The summed E-state index contributed by atoms with van der Waals surface area (Å²) in [5, 5.41) is 5.58. The third kappa shape index (κ3) is 1.03. The molecule has 0 saturated heterocycles. The molecule has 3 heteroatoms. The molecule has 0 aliphatic heterocycles. The Balaban J connectivity index is 2.26. The van der Waals surface area contributed by atoms with Gasteiger partial charge in [0.15, 0.2) is 0 Å². The fourth-order valence-corrected chi connectivity index (χ4v) is 1.67. The summed E-state index contributed by atoms with van der Waals surface area (Å²) in [4.78, 5) is 4.29. The summed E-state index contributed by atoms with van der Waals surface area (Å²) in [6, 6.07) is 2.73. The van der Waals surface area contributed by atoms with Crippen LogP contribution in [-0.2, 0) is 0 Å². The molecule has 1 saturated carbocycles. The maximum absolute atomic E-state index is 4.38. The van der Waals surface area contributed by atoms with Gasteiger partial charge in [0.2, 0.25) is 0 Å². The Hall–Kier alpha value is -1.38. The van der Waals surface area contributed by atoms with Crippen LogP contribution >= 0.6 is 0 Å². The fraction of sp³-hybridized carbons (Fsp3) is 0.400. The van der Waals surface area contributed by atoms with Crippen molar-refractivity contribution in [1.29, 1.82) is 0 Å². The minimum atomic E-state index is 0.641. The molecule has 0 unspecified atom stereocenters. The largest absolute Gasteiger partial charge is 0.260 e. The highest BCUT2D eigenvalue weighted by Gasteiger charge is 2.25. The van der Waals surface area contributed by atoms with E-state index in [1.165, 1.54) is 23.7 Å². The number of aryl methyl sites for hydroxylation is 1. The van der Waals surface area contributed by atoms with Gasteiger partial charge < -0.3 is 0 Å². The zero-order valence-electron chi connectivity index (χ0n) is 7.57. The van der Waals surface area contributed by atoms with Crippen LogP contribution in [0.5, 0.6) is 0 Å². The van der Waals surface area contributed by atoms with E-state index in [1.54, 1.807) is 0 Å². The van der Waals surface area contributed by atoms with Crippen molar-refractivity contribution in [2.75, 3.05) is 0 Å². The molecule has 0 amide bonds. The Morgan fingerprint density at radius 3 is 3.00 bits per heavy atom. The number of aromatic nitrogens is 3. The molecule has 0 N–H and O–H groups in total. The van der Waals surface area contributed by atoms with Crippen molar-refractivity contribution in [3.8, 4) is 0 Å². The lowest BCUT2D eigenvalue weighted by Gasteiger charge is -1.99. The number of rotatable bonds is 1. The van der Waals surface area contributed by atoms with Crippen molar-refractivity contribution < 1.29 is 0 Å². The van der Waals surface area contributed by atoms with Crippen molar-refractivity contribution in [3.63, 3.8) is 0 Å². The molecule has 1 aliphatic carbocycles. The van der Waals surface area contributed by atoms with Gasteiger partial charge in [-0.1, -0.05) is 0 Å². The molecule has 2 aromatic heterocycles. The number of hydrogen-bond acceptors (Lipinski definition) is 2. The van der Waals surface area contributed by atoms with Crippen LogP contribution in [0.4, 0.5) is 0 Å². The van der Waals surface area contributed by atoms with Crippen molar-refractivity contribution >= 4 is 10.9 Å². The first-order chi connectivity index (χ1) is 6.34. The topological polar surface area (TPSA) is 30.7 Å². The molecule has 2 aromatic rings. The molecule has 0 bridgehead atoms. The molecular formula is C10H11N3. The van der Waals surface area contributed by atoms with Crippen LogP contribution in [-0.4, -0.2) is 14.8 Å². The molecule has 3 nitrogen and oxygen atoms in total. The van der Waals surface area contributed by atoms with E-state index >= 15 is 0 Å². The first-order valence-corrected chi connectivity index (χ1v) is 4.64. The van der Waals surface area contributed by atoms with E-state index in [0.717, 1.165) is 5.69 Å². The maximum Gasteiger partial charge on any atom is 0.0869 e. The van der Waals surface area contributed by atoms with Crippen LogP contribution in [0.1, 0.15) is 24.6 Å². The lowest BCUT2D eigenvalue weighted by Crippen LogP contribution is -1.95. The Morgan fingerprint density at radius 2 is 2.23 bits per heavy atom. The van der Waals surface area contributed by atoms with Crippen LogP contribution in [0.3, 0.4) is 0 Å². The second kappa shape index (κ2) is 2.31. The second-order valence-electron chi connectivity index (χ2n) is 3.70. The van der Waals surface area contributed by atoms with Gasteiger partial charge in [0.25, 0.3) is 0 Å². The summed E-state index contributed by atoms with van der Waals surface area (Å²) >= 11 is 0. The van der Waals surface area contributed by atoms with Crippen LogP contribution < -0.4 is 0 Å². The number of nitrogens with zero attached hydrogens (tertiary/aromatic N) is 3. The van der Waals surface area contributed by atoms with Gasteiger partial charge in [-0.25, -0.2) is 0 Å². The highest BCUT2D eigenvalue weighted by Crippen LogP contribution is 2.36. The monoisotopic (exact) mass is 173 g/mol. The second-order valence-corrected chi connectivity index (χ2v) is 3.70. The molecule has 3 rings (SSSR count).